The van der Waals surface area contributed by atoms with Crippen LogP contribution in [0.5, 0.6) is 0 Å². The standard InChI is InChI=1S/C17H19F2N7O/c1-8(2)22-16-21-7-12-15(25-16)26(9(3)14(20)27)17(23-12)24-13-10(18)5-4-6-11(13)19/h4-9H,1-3H3,(H2,20,27)(H,23,24)(H,21,22,25)/t9-/m0/s1. The van der Waals surface area contributed by atoms with Gasteiger partial charge in [-0.25, -0.2) is 18.7 Å². The molecule has 2 aromatic heterocycles. The van der Waals surface area contributed by atoms with E-state index < -0.39 is 23.6 Å². The van der Waals surface area contributed by atoms with Gasteiger partial charge in [0.15, 0.2) is 5.65 Å². The van der Waals surface area contributed by atoms with E-state index in [1.165, 1.54) is 16.8 Å². The van der Waals surface area contributed by atoms with Crippen LogP contribution >= 0.6 is 0 Å². The highest BCUT2D eigenvalue weighted by Crippen LogP contribution is 2.28. The second-order valence-electron chi connectivity index (χ2n) is 6.31. The number of hydrogen-bond acceptors (Lipinski definition) is 6. The van der Waals surface area contributed by atoms with Crippen LogP contribution in [-0.4, -0.2) is 31.5 Å². The zero-order valence-electron chi connectivity index (χ0n) is 15.0. The Labute approximate surface area is 153 Å². The minimum atomic E-state index is -0.867. The molecule has 0 bridgehead atoms. The van der Waals surface area contributed by atoms with Crippen LogP contribution in [0.3, 0.4) is 0 Å². The van der Waals surface area contributed by atoms with Gasteiger partial charge in [0.1, 0.15) is 28.9 Å². The van der Waals surface area contributed by atoms with Crippen molar-refractivity contribution in [3.05, 3.63) is 36.0 Å². The van der Waals surface area contributed by atoms with E-state index in [9.17, 15) is 13.6 Å². The molecule has 27 heavy (non-hydrogen) atoms. The normalized spacial score (nSPS) is 12.4. The van der Waals surface area contributed by atoms with E-state index in [1.54, 1.807) is 6.92 Å². The molecule has 0 saturated heterocycles. The zero-order valence-corrected chi connectivity index (χ0v) is 15.0. The van der Waals surface area contributed by atoms with Crippen molar-refractivity contribution in [1.82, 2.24) is 19.5 Å². The molecule has 1 amide bonds. The molecule has 10 heteroatoms. The second kappa shape index (κ2) is 7.14. The summed E-state index contributed by atoms with van der Waals surface area (Å²) < 4.78 is 29.4. The maximum atomic E-state index is 14.0. The number of fused-ring (bicyclic) bond motifs is 1. The summed E-state index contributed by atoms with van der Waals surface area (Å²) in [6.07, 6.45) is 1.46. The van der Waals surface area contributed by atoms with Crippen LogP contribution in [0.1, 0.15) is 26.8 Å². The Hall–Kier alpha value is -3.30. The van der Waals surface area contributed by atoms with Gasteiger partial charge >= 0.3 is 0 Å². The molecule has 0 unspecified atom stereocenters. The highest BCUT2D eigenvalue weighted by molar-refractivity contribution is 5.83. The number of para-hydroxylation sites is 1. The van der Waals surface area contributed by atoms with Gasteiger partial charge in [-0.2, -0.15) is 4.98 Å². The Morgan fingerprint density at radius 2 is 1.85 bits per heavy atom. The largest absolute Gasteiger partial charge is 0.368 e. The summed E-state index contributed by atoms with van der Waals surface area (Å²) in [4.78, 5) is 24.6. The third-order valence-corrected chi connectivity index (χ3v) is 3.85. The number of primary amides is 1. The predicted octanol–water partition coefficient (Wildman–Crippen LogP) is 2.71. The number of imidazole rings is 1. The Bertz CT molecular complexity index is 982. The first-order chi connectivity index (χ1) is 12.8. The number of aromatic nitrogens is 4. The highest BCUT2D eigenvalue weighted by Gasteiger charge is 2.23. The quantitative estimate of drug-likeness (QED) is 0.611. The van der Waals surface area contributed by atoms with Gasteiger partial charge < -0.3 is 16.4 Å². The lowest BCUT2D eigenvalue weighted by atomic mass is 10.3. The molecule has 3 rings (SSSR count). The van der Waals surface area contributed by atoms with Gasteiger partial charge in [-0.3, -0.25) is 9.36 Å². The number of nitrogens with zero attached hydrogens (tertiary/aromatic N) is 4. The van der Waals surface area contributed by atoms with Crippen LogP contribution < -0.4 is 16.4 Å². The van der Waals surface area contributed by atoms with Gasteiger partial charge in [0.2, 0.25) is 17.8 Å². The van der Waals surface area contributed by atoms with Gasteiger partial charge in [-0.05, 0) is 32.9 Å². The number of hydrogen-bond donors (Lipinski definition) is 3. The van der Waals surface area contributed by atoms with Crippen molar-refractivity contribution in [2.24, 2.45) is 5.73 Å². The third kappa shape index (κ3) is 3.64. The monoisotopic (exact) mass is 375 g/mol. The van der Waals surface area contributed by atoms with Crippen molar-refractivity contribution in [3.63, 3.8) is 0 Å². The van der Waals surface area contributed by atoms with Crippen molar-refractivity contribution >= 4 is 34.7 Å². The van der Waals surface area contributed by atoms with E-state index in [2.05, 4.69) is 25.6 Å². The third-order valence-electron chi connectivity index (χ3n) is 3.85. The van der Waals surface area contributed by atoms with Gasteiger partial charge in [0, 0.05) is 6.04 Å². The molecule has 2 heterocycles. The van der Waals surface area contributed by atoms with Gasteiger partial charge in [0.05, 0.1) is 6.20 Å². The summed E-state index contributed by atoms with van der Waals surface area (Å²) in [6.45, 7) is 5.39. The number of nitrogens with two attached hydrogens (primary N) is 1. The Balaban J connectivity index is 2.16. The predicted molar refractivity (Wildman–Crippen MR) is 97.6 cm³/mol. The molecule has 0 aliphatic heterocycles. The van der Waals surface area contributed by atoms with Crippen LogP contribution in [0.2, 0.25) is 0 Å². The molecule has 0 aliphatic rings. The molecule has 0 aliphatic carbocycles. The summed E-state index contributed by atoms with van der Waals surface area (Å²) in [5, 5.41) is 5.65. The van der Waals surface area contributed by atoms with Gasteiger partial charge in [-0.15, -0.1) is 0 Å². The molecule has 142 valence electrons. The molecule has 0 spiro atoms. The summed E-state index contributed by atoms with van der Waals surface area (Å²) >= 11 is 0. The fraction of sp³-hybridized carbons (Fsp3) is 0.294. The summed E-state index contributed by atoms with van der Waals surface area (Å²) in [6, 6.07) is 2.69. The molecule has 1 aromatic carbocycles. The fourth-order valence-electron chi connectivity index (χ4n) is 2.53. The lowest BCUT2D eigenvalue weighted by molar-refractivity contribution is -0.120. The average molecular weight is 375 g/mol. The van der Waals surface area contributed by atoms with Gasteiger partial charge in [0.25, 0.3) is 0 Å². The average Bonchev–Trinajstić information content (AvgIpc) is 2.94. The first-order valence-electron chi connectivity index (χ1n) is 8.29. The van der Waals surface area contributed by atoms with E-state index in [4.69, 9.17) is 5.73 Å². The molecular weight excluding hydrogens is 356 g/mol. The maximum Gasteiger partial charge on any atom is 0.240 e. The van der Waals surface area contributed by atoms with Crippen molar-refractivity contribution in [2.45, 2.75) is 32.9 Å². The lowest BCUT2D eigenvalue weighted by Crippen LogP contribution is -2.25. The van der Waals surface area contributed by atoms with Crippen molar-refractivity contribution in [1.29, 1.82) is 0 Å². The zero-order chi connectivity index (χ0) is 19.7. The lowest BCUT2D eigenvalue weighted by Gasteiger charge is -2.15. The van der Waals surface area contributed by atoms with E-state index in [0.29, 0.717) is 17.1 Å². The number of carbonyl (C=O) groups excluding carboxylic acids is 1. The Kier molecular flexibility index (Phi) is 4.89. The van der Waals surface area contributed by atoms with Crippen LogP contribution in [0.4, 0.5) is 26.4 Å². The first-order valence-corrected chi connectivity index (χ1v) is 8.29. The van der Waals surface area contributed by atoms with Gasteiger partial charge in [-0.1, -0.05) is 6.07 Å². The van der Waals surface area contributed by atoms with E-state index in [1.807, 2.05) is 13.8 Å². The number of carbonyl (C=O) groups is 1. The fourth-order valence-corrected chi connectivity index (χ4v) is 2.53. The van der Waals surface area contributed by atoms with Crippen LogP contribution in [0.15, 0.2) is 24.4 Å². The molecule has 4 N–H and O–H groups in total. The van der Waals surface area contributed by atoms with Crippen LogP contribution in [0, 0.1) is 11.6 Å². The highest BCUT2D eigenvalue weighted by atomic mass is 19.1. The molecule has 0 fully saturated rings. The first kappa shape index (κ1) is 18.5. The van der Waals surface area contributed by atoms with Crippen LogP contribution in [0.25, 0.3) is 11.2 Å². The second-order valence-corrected chi connectivity index (χ2v) is 6.31. The minimum absolute atomic E-state index is 0.0243. The topological polar surface area (TPSA) is 111 Å². The molecular formula is C17H19F2N7O. The maximum absolute atomic E-state index is 14.0. The number of nitrogens with one attached hydrogen (secondary N) is 2. The molecule has 0 radical (unpaired) electrons. The number of benzene rings is 1. The molecule has 8 nitrogen and oxygen atoms in total. The summed E-state index contributed by atoms with van der Waals surface area (Å²) in [7, 11) is 0. The van der Waals surface area contributed by atoms with Crippen molar-refractivity contribution in [3.8, 4) is 0 Å². The van der Waals surface area contributed by atoms with Crippen LogP contribution in [-0.2, 0) is 4.79 Å². The van der Waals surface area contributed by atoms with Crippen molar-refractivity contribution < 1.29 is 13.6 Å². The Morgan fingerprint density at radius 3 is 2.44 bits per heavy atom. The smallest absolute Gasteiger partial charge is 0.240 e. The molecule has 3 aromatic rings. The summed E-state index contributed by atoms with van der Waals surface area (Å²) in [5.41, 5.74) is 5.70. The van der Waals surface area contributed by atoms with E-state index in [0.717, 1.165) is 12.1 Å². The van der Waals surface area contributed by atoms with E-state index >= 15 is 0 Å². The number of amides is 1. The molecule has 1 atom stereocenters. The van der Waals surface area contributed by atoms with Crippen molar-refractivity contribution in [2.75, 3.05) is 10.6 Å². The minimum Gasteiger partial charge on any atom is -0.368 e. The number of anilines is 3. The molecule has 0 saturated carbocycles. The SMILES string of the molecule is CC(C)Nc1ncc2nc(Nc3c(F)cccc3F)n([C@@H](C)C(N)=O)c2n1. The summed E-state index contributed by atoms with van der Waals surface area (Å²) in [5.74, 6) is -1.89. The Morgan fingerprint density at radius 1 is 1.19 bits per heavy atom. The van der Waals surface area contributed by atoms with E-state index in [-0.39, 0.29) is 17.7 Å². The number of halogens is 2. The number of rotatable bonds is 6.